The maximum absolute atomic E-state index is 5.43. The number of ether oxygens (including phenoxy) is 2. The van der Waals surface area contributed by atoms with E-state index < -0.39 is 0 Å². The van der Waals surface area contributed by atoms with Crippen LogP contribution in [0.15, 0.2) is 72.9 Å². The molecule has 4 rings (SSSR count). The van der Waals surface area contributed by atoms with Crippen molar-refractivity contribution in [2.45, 2.75) is 6.54 Å². The van der Waals surface area contributed by atoms with Crippen LogP contribution in [0.2, 0.25) is 0 Å². The quantitative estimate of drug-likeness (QED) is 0.434. The molecular formula is C23H22N4O2S. The van der Waals surface area contributed by atoms with Crippen molar-refractivity contribution in [2.24, 2.45) is 0 Å². The lowest BCUT2D eigenvalue weighted by Crippen LogP contribution is -2.20. The Morgan fingerprint density at radius 2 is 1.80 bits per heavy atom. The minimum atomic E-state index is 0.425. The molecule has 3 aromatic carbocycles. The smallest absolute Gasteiger partial charge is 0.176 e. The largest absolute Gasteiger partial charge is 0.497 e. The highest BCUT2D eigenvalue weighted by Crippen LogP contribution is 2.29. The van der Waals surface area contributed by atoms with Crippen molar-refractivity contribution >= 4 is 39.6 Å². The van der Waals surface area contributed by atoms with E-state index in [9.17, 15) is 0 Å². The maximum atomic E-state index is 5.43. The van der Waals surface area contributed by atoms with Crippen LogP contribution < -0.4 is 20.1 Å². The van der Waals surface area contributed by atoms with Gasteiger partial charge in [-0.15, -0.1) is 0 Å². The summed E-state index contributed by atoms with van der Waals surface area (Å²) < 4.78 is 12.5. The van der Waals surface area contributed by atoms with E-state index in [0.717, 1.165) is 5.69 Å². The number of nitrogens with zero attached hydrogens (tertiary/aromatic N) is 2. The number of rotatable bonds is 6. The molecule has 0 spiro atoms. The summed E-state index contributed by atoms with van der Waals surface area (Å²) in [6.45, 7) is 0.676. The molecule has 0 saturated carbocycles. The van der Waals surface area contributed by atoms with Gasteiger partial charge in [-0.2, -0.15) is 5.10 Å². The molecule has 6 nitrogen and oxygen atoms in total. The first-order valence-electron chi connectivity index (χ1n) is 9.46. The van der Waals surface area contributed by atoms with Crippen LogP contribution in [0.1, 0.15) is 5.56 Å². The fraction of sp³-hybridized carbons (Fsp3) is 0.130. The third-order valence-electron chi connectivity index (χ3n) is 4.75. The first kappa shape index (κ1) is 19.7. The number of hydrogen-bond donors (Lipinski definition) is 2. The average molecular weight is 419 g/mol. The molecule has 1 heterocycles. The molecule has 2 N–H and O–H groups in total. The second-order valence-electron chi connectivity index (χ2n) is 6.68. The highest BCUT2D eigenvalue weighted by Gasteiger charge is 2.09. The van der Waals surface area contributed by atoms with Crippen LogP contribution in [-0.4, -0.2) is 29.1 Å². The van der Waals surface area contributed by atoms with E-state index >= 15 is 0 Å². The van der Waals surface area contributed by atoms with Crippen LogP contribution in [0.4, 0.5) is 11.5 Å². The van der Waals surface area contributed by atoms with Crippen molar-refractivity contribution in [2.75, 3.05) is 24.9 Å². The summed E-state index contributed by atoms with van der Waals surface area (Å²) in [5.74, 6) is 2.02. The zero-order valence-corrected chi connectivity index (χ0v) is 17.6. The summed E-state index contributed by atoms with van der Waals surface area (Å²) in [5, 5.41) is 13.7. The Morgan fingerprint density at radius 3 is 2.63 bits per heavy atom. The number of anilines is 2. The van der Waals surface area contributed by atoms with Gasteiger partial charge in [0.2, 0.25) is 0 Å². The second kappa shape index (κ2) is 8.84. The monoisotopic (exact) mass is 418 g/mol. The molecule has 7 heteroatoms. The van der Waals surface area contributed by atoms with E-state index in [4.69, 9.17) is 21.7 Å². The van der Waals surface area contributed by atoms with Crippen LogP contribution in [0.3, 0.4) is 0 Å². The lowest BCUT2D eigenvalue weighted by molar-refractivity contribution is 0.395. The Hall–Kier alpha value is -3.58. The fourth-order valence-corrected chi connectivity index (χ4v) is 3.51. The van der Waals surface area contributed by atoms with E-state index in [1.54, 1.807) is 20.3 Å². The third kappa shape index (κ3) is 4.36. The standard InChI is InChI=1S/C23H22N4O2S/c1-28-18-10-11-20(21(14-18)29-2)24-23(30)25-22-12-13-27(26-22)15-17-8-5-7-16-6-3-4-9-19(16)17/h3-14H,15H2,1-2H3,(H2,24,25,26,30). The number of aromatic nitrogens is 2. The van der Waals surface area contributed by atoms with Gasteiger partial charge < -0.3 is 20.1 Å². The van der Waals surface area contributed by atoms with Gasteiger partial charge in [-0.05, 0) is 40.7 Å². The lowest BCUT2D eigenvalue weighted by Gasteiger charge is -2.13. The van der Waals surface area contributed by atoms with E-state index in [1.807, 2.05) is 35.1 Å². The molecule has 0 saturated heterocycles. The molecule has 0 aliphatic carbocycles. The molecule has 0 unspecified atom stereocenters. The van der Waals surface area contributed by atoms with Gasteiger partial charge in [0.25, 0.3) is 0 Å². The number of benzene rings is 3. The summed E-state index contributed by atoms with van der Waals surface area (Å²) in [6.07, 6.45) is 1.93. The molecule has 0 atom stereocenters. The maximum Gasteiger partial charge on any atom is 0.176 e. The molecule has 30 heavy (non-hydrogen) atoms. The predicted molar refractivity (Wildman–Crippen MR) is 125 cm³/mol. The Kier molecular flexibility index (Phi) is 5.81. The zero-order chi connectivity index (χ0) is 20.9. The van der Waals surface area contributed by atoms with Gasteiger partial charge in [0.15, 0.2) is 10.9 Å². The Bertz CT molecular complexity index is 1180. The number of hydrogen-bond acceptors (Lipinski definition) is 4. The fourth-order valence-electron chi connectivity index (χ4n) is 3.29. The Labute approximate surface area is 180 Å². The van der Waals surface area contributed by atoms with Crippen molar-refractivity contribution in [3.8, 4) is 11.5 Å². The minimum absolute atomic E-state index is 0.425. The number of fused-ring (bicyclic) bond motifs is 1. The zero-order valence-electron chi connectivity index (χ0n) is 16.8. The molecule has 4 aromatic rings. The molecule has 152 valence electrons. The van der Waals surface area contributed by atoms with E-state index in [2.05, 4.69) is 52.1 Å². The average Bonchev–Trinajstić information content (AvgIpc) is 3.20. The molecule has 0 bridgehead atoms. The Morgan fingerprint density at radius 1 is 0.967 bits per heavy atom. The third-order valence-corrected chi connectivity index (χ3v) is 4.96. The minimum Gasteiger partial charge on any atom is -0.497 e. The first-order valence-corrected chi connectivity index (χ1v) is 9.87. The lowest BCUT2D eigenvalue weighted by atomic mass is 10.0. The first-order chi connectivity index (χ1) is 14.7. The van der Waals surface area contributed by atoms with Crippen molar-refractivity contribution in [3.63, 3.8) is 0 Å². The van der Waals surface area contributed by atoms with Gasteiger partial charge in [-0.25, -0.2) is 0 Å². The molecule has 0 aliphatic heterocycles. The van der Waals surface area contributed by atoms with Crippen LogP contribution in [0, 0.1) is 0 Å². The van der Waals surface area contributed by atoms with Gasteiger partial charge in [0, 0.05) is 18.3 Å². The van der Waals surface area contributed by atoms with E-state index in [0.29, 0.717) is 29.0 Å². The number of methoxy groups -OCH3 is 2. The van der Waals surface area contributed by atoms with Crippen molar-refractivity contribution in [1.82, 2.24) is 9.78 Å². The topological polar surface area (TPSA) is 60.3 Å². The van der Waals surface area contributed by atoms with E-state index in [-0.39, 0.29) is 0 Å². The van der Waals surface area contributed by atoms with Gasteiger partial charge in [0.05, 0.1) is 26.5 Å². The van der Waals surface area contributed by atoms with E-state index in [1.165, 1.54) is 16.3 Å². The van der Waals surface area contributed by atoms with Crippen molar-refractivity contribution in [1.29, 1.82) is 0 Å². The van der Waals surface area contributed by atoms with Crippen LogP contribution >= 0.6 is 12.2 Å². The van der Waals surface area contributed by atoms with Gasteiger partial charge in [0.1, 0.15) is 11.5 Å². The van der Waals surface area contributed by atoms with Gasteiger partial charge in [-0.1, -0.05) is 42.5 Å². The molecule has 0 amide bonds. The molecule has 0 radical (unpaired) electrons. The highest BCUT2D eigenvalue weighted by molar-refractivity contribution is 7.80. The van der Waals surface area contributed by atoms with Crippen LogP contribution in [-0.2, 0) is 6.54 Å². The molecule has 0 aliphatic rings. The Balaban J connectivity index is 1.44. The summed E-state index contributed by atoms with van der Waals surface area (Å²) in [6, 6.07) is 22.0. The second-order valence-corrected chi connectivity index (χ2v) is 7.09. The number of nitrogens with one attached hydrogen (secondary N) is 2. The van der Waals surface area contributed by atoms with Crippen molar-refractivity contribution in [3.05, 3.63) is 78.5 Å². The molecular weight excluding hydrogens is 396 g/mol. The van der Waals surface area contributed by atoms with Gasteiger partial charge >= 0.3 is 0 Å². The summed E-state index contributed by atoms with van der Waals surface area (Å²) in [5.41, 5.74) is 1.96. The predicted octanol–water partition coefficient (Wildman–Crippen LogP) is 4.91. The summed E-state index contributed by atoms with van der Waals surface area (Å²) in [7, 11) is 3.22. The van der Waals surface area contributed by atoms with Gasteiger partial charge in [-0.3, -0.25) is 4.68 Å². The van der Waals surface area contributed by atoms with Crippen LogP contribution in [0.25, 0.3) is 10.8 Å². The number of thiocarbonyl (C=S) groups is 1. The van der Waals surface area contributed by atoms with Crippen LogP contribution in [0.5, 0.6) is 11.5 Å². The molecule has 0 fully saturated rings. The summed E-state index contributed by atoms with van der Waals surface area (Å²) >= 11 is 5.43. The highest BCUT2D eigenvalue weighted by atomic mass is 32.1. The normalized spacial score (nSPS) is 10.6. The van der Waals surface area contributed by atoms with Crippen molar-refractivity contribution < 1.29 is 9.47 Å². The SMILES string of the molecule is COc1ccc(NC(=S)Nc2ccn(Cc3cccc4ccccc34)n2)c(OC)c1. The molecule has 1 aromatic heterocycles. The summed E-state index contributed by atoms with van der Waals surface area (Å²) in [4.78, 5) is 0.